The molecule has 0 heterocycles. The van der Waals surface area contributed by atoms with Crippen LogP contribution in [0.25, 0.3) is 0 Å². The minimum absolute atomic E-state index is 0.0737. The topological polar surface area (TPSA) is 66.0 Å². The zero-order chi connectivity index (χ0) is 23.6. The lowest BCUT2D eigenvalue weighted by Gasteiger charge is -2.15. The van der Waals surface area contributed by atoms with Crippen molar-refractivity contribution in [3.05, 3.63) is 81.8 Å². The van der Waals surface area contributed by atoms with Gasteiger partial charge in [0.2, 0.25) is 5.91 Å². The van der Waals surface area contributed by atoms with Crippen molar-refractivity contribution < 1.29 is 23.7 Å². The second-order valence-electron chi connectivity index (χ2n) is 7.31. The summed E-state index contributed by atoms with van der Waals surface area (Å²) in [6, 6.07) is 19.3. The molecule has 33 heavy (non-hydrogen) atoms. The predicted octanol–water partition coefficient (Wildman–Crippen LogP) is 4.96. The number of rotatable bonds is 11. The molecule has 6 nitrogen and oxygen atoms in total. The fourth-order valence-electron chi connectivity index (χ4n) is 3.36. The normalized spacial score (nSPS) is 10.4. The summed E-state index contributed by atoms with van der Waals surface area (Å²) in [5, 5.41) is 2.97. The molecule has 0 unspecified atom stereocenters. The average Bonchev–Trinajstić information content (AvgIpc) is 2.85. The van der Waals surface area contributed by atoms with Gasteiger partial charge in [0.15, 0.2) is 23.0 Å². The summed E-state index contributed by atoms with van der Waals surface area (Å²) in [7, 11) is 4.80. The molecule has 3 aromatic carbocycles. The van der Waals surface area contributed by atoms with E-state index in [1.807, 2.05) is 60.7 Å². The fourth-order valence-corrected chi connectivity index (χ4v) is 3.94. The largest absolute Gasteiger partial charge is 0.493 e. The van der Waals surface area contributed by atoms with Crippen LogP contribution in [-0.2, 0) is 24.2 Å². The first-order valence-electron chi connectivity index (χ1n) is 10.6. The minimum atomic E-state index is -0.0737. The number of carbonyl (C=O) groups is 1. The standard InChI is InChI=1S/C26H28BrNO5/c1-30-21-11-9-18(15-23(21)32-3)13-14-28-24(29)16-20-10-12-22(31-2)26(25(20)27)33-17-19-7-5-4-6-8-19/h4-12,15H,13-14,16-17H2,1-3H3,(H,28,29). The quantitative estimate of drug-likeness (QED) is 0.392. The van der Waals surface area contributed by atoms with Crippen molar-refractivity contribution in [3.63, 3.8) is 0 Å². The number of benzene rings is 3. The van der Waals surface area contributed by atoms with Crippen LogP contribution in [0.3, 0.4) is 0 Å². The van der Waals surface area contributed by atoms with E-state index >= 15 is 0 Å². The molecule has 1 amide bonds. The predicted molar refractivity (Wildman–Crippen MR) is 131 cm³/mol. The van der Waals surface area contributed by atoms with Crippen LogP contribution in [0.15, 0.2) is 65.1 Å². The van der Waals surface area contributed by atoms with Crippen LogP contribution >= 0.6 is 15.9 Å². The van der Waals surface area contributed by atoms with E-state index in [1.54, 1.807) is 21.3 Å². The SMILES string of the molecule is COc1ccc(CCNC(=O)Cc2ccc(OC)c(OCc3ccccc3)c2Br)cc1OC. The molecule has 0 aliphatic heterocycles. The van der Waals surface area contributed by atoms with E-state index in [0.29, 0.717) is 47.0 Å². The number of hydrogen-bond acceptors (Lipinski definition) is 5. The molecule has 0 aliphatic rings. The van der Waals surface area contributed by atoms with Gasteiger partial charge in [-0.2, -0.15) is 0 Å². The summed E-state index contributed by atoms with van der Waals surface area (Å²) in [6.07, 6.45) is 0.902. The van der Waals surface area contributed by atoms with Gasteiger partial charge in [0.25, 0.3) is 0 Å². The molecule has 0 saturated heterocycles. The highest BCUT2D eigenvalue weighted by Crippen LogP contribution is 2.38. The summed E-state index contributed by atoms with van der Waals surface area (Å²) in [4.78, 5) is 12.6. The maximum absolute atomic E-state index is 12.6. The monoisotopic (exact) mass is 513 g/mol. The van der Waals surface area contributed by atoms with Crippen LogP contribution in [0, 0.1) is 0 Å². The number of halogens is 1. The van der Waals surface area contributed by atoms with Crippen LogP contribution in [0.5, 0.6) is 23.0 Å². The van der Waals surface area contributed by atoms with Crippen molar-refractivity contribution in [2.75, 3.05) is 27.9 Å². The molecule has 7 heteroatoms. The smallest absolute Gasteiger partial charge is 0.224 e. The number of hydrogen-bond donors (Lipinski definition) is 1. The molecule has 0 saturated carbocycles. The van der Waals surface area contributed by atoms with E-state index in [0.717, 1.165) is 16.7 Å². The van der Waals surface area contributed by atoms with Gasteiger partial charge >= 0.3 is 0 Å². The Balaban J connectivity index is 1.60. The summed E-state index contributed by atoms with van der Waals surface area (Å²) < 4.78 is 22.8. The van der Waals surface area contributed by atoms with E-state index in [-0.39, 0.29) is 12.3 Å². The van der Waals surface area contributed by atoms with Gasteiger partial charge in [0.1, 0.15) is 6.61 Å². The molecule has 174 valence electrons. The number of methoxy groups -OCH3 is 3. The molecule has 3 aromatic rings. The van der Waals surface area contributed by atoms with E-state index in [2.05, 4.69) is 21.2 Å². The Morgan fingerprint density at radius 3 is 2.24 bits per heavy atom. The molecule has 0 bridgehead atoms. The highest BCUT2D eigenvalue weighted by Gasteiger charge is 2.16. The summed E-state index contributed by atoms with van der Waals surface area (Å²) in [5.74, 6) is 2.47. The summed E-state index contributed by atoms with van der Waals surface area (Å²) >= 11 is 3.60. The van der Waals surface area contributed by atoms with Gasteiger partial charge in [-0.25, -0.2) is 0 Å². The molecule has 0 spiro atoms. The molecule has 1 N–H and O–H groups in total. The van der Waals surface area contributed by atoms with E-state index in [9.17, 15) is 4.79 Å². The zero-order valence-electron chi connectivity index (χ0n) is 19.0. The van der Waals surface area contributed by atoms with Crippen LogP contribution in [0.4, 0.5) is 0 Å². The average molecular weight is 514 g/mol. The van der Waals surface area contributed by atoms with E-state index < -0.39 is 0 Å². The second-order valence-corrected chi connectivity index (χ2v) is 8.10. The van der Waals surface area contributed by atoms with Crippen molar-refractivity contribution in [3.8, 4) is 23.0 Å². The first-order valence-corrected chi connectivity index (χ1v) is 11.3. The van der Waals surface area contributed by atoms with Gasteiger partial charge in [-0.1, -0.05) is 42.5 Å². The van der Waals surface area contributed by atoms with Crippen LogP contribution in [-0.4, -0.2) is 33.8 Å². The summed E-state index contributed by atoms with van der Waals surface area (Å²) in [5.41, 5.74) is 2.92. The maximum Gasteiger partial charge on any atom is 0.224 e. The Morgan fingerprint density at radius 2 is 1.55 bits per heavy atom. The van der Waals surface area contributed by atoms with Gasteiger partial charge in [0, 0.05) is 6.54 Å². The highest BCUT2D eigenvalue weighted by atomic mass is 79.9. The van der Waals surface area contributed by atoms with Crippen molar-refractivity contribution in [1.29, 1.82) is 0 Å². The minimum Gasteiger partial charge on any atom is -0.493 e. The van der Waals surface area contributed by atoms with E-state index in [4.69, 9.17) is 18.9 Å². The maximum atomic E-state index is 12.6. The Hall–Kier alpha value is -3.19. The molecule has 3 rings (SSSR count). The molecule has 0 radical (unpaired) electrons. The van der Waals surface area contributed by atoms with Crippen molar-refractivity contribution in [1.82, 2.24) is 5.32 Å². The zero-order valence-corrected chi connectivity index (χ0v) is 20.6. The first-order chi connectivity index (χ1) is 16.0. The third-order valence-corrected chi connectivity index (χ3v) is 5.99. The fraction of sp³-hybridized carbons (Fsp3) is 0.269. The van der Waals surface area contributed by atoms with Gasteiger partial charge in [0.05, 0.1) is 32.2 Å². The molecular weight excluding hydrogens is 486 g/mol. The molecular formula is C26H28BrNO5. The second kappa shape index (κ2) is 12.2. The Morgan fingerprint density at radius 1 is 0.848 bits per heavy atom. The van der Waals surface area contributed by atoms with Crippen LogP contribution in [0.2, 0.25) is 0 Å². The number of amides is 1. The van der Waals surface area contributed by atoms with Gasteiger partial charge in [-0.3, -0.25) is 4.79 Å². The highest BCUT2D eigenvalue weighted by molar-refractivity contribution is 9.10. The molecule has 0 aliphatic carbocycles. The van der Waals surface area contributed by atoms with Crippen molar-refractivity contribution in [2.24, 2.45) is 0 Å². The third kappa shape index (κ3) is 6.65. The Labute approximate surface area is 202 Å². The van der Waals surface area contributed by atoms with E-state index in [1.165, 1.54) is 0 Å². The lowest BCUT2D eigenvalue weighted by atomic mass is 10.1. The van der Waals surface area contributed by atoms with Gasteiger partial charge < -0.3 is 24.3 Å². The van der Waals surface area contributed by atoms with Gasteiger partial charge in [-0.05, 0) is 57.2 Å². The number of carbonyl (C=O) groups excluding carboxylic acids is 1. The first kappa shape index (κ1) is 24.5. The number of nitrogens with one attached hydrogen (secondary N) is 1. The molecule has 0 fully saturated rings. The Kier molecular flexibility index (Phi) is 9.01. The van der Waals surface area contributed by atoms with Crippen LogP contribution in [0.1, 0.15) is 16.7 Å². The Bertz CT molecular complexity index is 1070. The van der Waals surface area contributed by atoms with Gasteiger partial charge in [-0.15, -0.1) is 0 Å². The molecule has 0 aromatic heterocycles. The number of ether oxygens (including phenoxy) is 4. The summed E-state index contributed by atoms with van der Waals surface area (Å²) in [6.45, 7) is 0.913. The van der Waals surface area contributed by atoms with Crippen molar-refractivity contribution >= 4 is 21.8 Å². The lowest BCUT2D eigenvalue weighted by molar-refractivity contribution is -0.120. The third-order valence-electron chi connectivity index (χ3n) is 5.12. The van der Waals surface area contributed by atoms with Crippen LogP contribution < -0.4 is 24.3 Å². The van der Waals surface area contributed by atoms with Crippen molar-refractivity contribution in [2.45, 2.75) is 19.4 Å². The lowest BCUT2D eigenvalue weighted by Crippen LogP contribution is -2.27. The molecule has 0 atom stereocenters.